The van der Waals surface area contributed by atoms with Gasteiger partial charge < -0.3 is 10.8 Å². The molecule has 0 aliphatic carbocycles. The van der Waals surface area contributed by atoms with E-state index >= 15 is 0 Å². The molecule has 0 saturated heterocycles. The van der Waals surface area contributed by atoms with E-state index in [1.165, 1.54) is 0 Å². The highest BCUT2D eigenvalue weighted by molar-refractivity contribution is 5.97. The van der Waals surface area contributed by atoms with Crippen LogP contribution >= 0.6 is 0 Å². The van der Waals surface area contributed by atoms with Gasteiger partial charge in [-0.1, -0.05) is 26.2 Å². The molecule has 14 heavy (non-hydrogen) atoms. The number of carbonyl (C=O) groups is 2. The zero-order valence-corrected chi connectivity index (χ0v) is 8.45. The largest absolute Gasteiger partial charge is 0.478 e. The van der Waals surface area contributed by atoms with Gasteiger partial charge in [-0.15, -0.1) is 0 Å². The number of hydrogen-bond donors (Lipinski definition) is 2. The third-order valence-electron chi connectivity index (χ3n) is 1.91. The average molecular weight is 199 g/mol. The highest BCUT2D eigenvalue weighted by Gasteiger charge is 2.06. The van der Waals surface area contributed by atoms with E-state index in [4.69, 9.17) is 10.8 Å². The molecule has 0 aliphatic rings. The van der Waals surface area contributed by atoms with Crippen molar-refractivity contribution in [3.63, 3.8) is 0 Å². The zero-order chi connectivity index (χ0) is 11.0. The van der Waals surface area contributed by atoms with Crippen LogP contribution in [0.1, 0.15) is 39.0 Å². The lowest BCUT2D eigenvalue weighted by Gasteiger charge is -2.01. The van der Waals surface area contributed by atoms with Gasteiger partial charge in [-0.3, -0.25) is 4.79 Å². The van der Waals surface area contributed by atoms with Crippen LogP contribution in [-0.4, -0.2) is 17.0 Å². The standard InChI is InChI=1S/C10H17NO3/c1-2-3-4-5-6-8(10(11)14)7-9(12)13/h7H,2-6H2,1H3,(H2,11,14)(H,12,13)/b8-7-. The predicted molar refractivity (Wildman–Crippen MR) is 53.7 cm³/mol. The topological polar surface area (TPSA) is 80.4 Å². The number of primary amides is 1. The molecule has 0 fully saturated rings. The third-order valence-corrected chi connectivity index (χ3v) is 1.91. The minimum atomic E-state index is -1.12. The quantitative estimate of drug-likeness (QED) is 0.481. The molecule has 0 aromatic heterocycles. The van der Waals surface area contributed by atoms with Crippen LogP contribution in [0.15, 0.2) is 11.6 Å². The van der Waals surface area contributed by atoms with Gasteiger partial charge in [0.2, 0.25) is 5.91 Å². The smallest absolute Gasteiger partial charge is 0.328 e. The van der Waals surface area contributed by atoms with Gasteiger partial charge in [0.25, 0.3) is 0 Å². The first-order valence-electron chi connectivity index (χ1n) is 4.81. The van der Waals surface area contributed by atoms with Crippen LogP contribution in [0.2, 0.25) is 0 Å². The lowest BCUT2D eigenvalue weighted by Crippen LogP contribution is -2.15. The summed E-state index contributed by atoms with van der Waals surface area (Å²) in [4.78, 5) is 21.1. The van der Waals surface area contributed by atoms with E-state index in [-0.39, 0.29) is 5.57 Å². The van der Waals surface area contributed by atoms with Crippen LogP contribution in [0, 0.1) is 0 Å². The monoisotopic (exact) mass is 199 g/mol. The maximum atomic E-state index is 10.8. The van der Waals surface area contributed by atoms with E-state index in [1.54, 1.807) is 0 Å². The van der Waals surface area contributed by atoms with Gasteiger partial charge in [0.1, 0.15) is 0 Å². The summed E-state index contributed by atoms with van der Waals surface area (Å²) in [6.07, 6.45) is 5.38. The number of hydrogen-bond acceptors (Lipinski definition) is 2. The van der Waals surface area contributed by atoms with E-state index in [0.717, 1.165) is 31.8 Å². The Morgan fingerprint density at radius 1 is 1.29 bits per heavy atom. The van der Waals surface area contributed by atoms with E-state index in [1.807, 2.05) is 0 Å². The van der Waals surface area contributed by atoms with Crippen molar-refractivity contribution in [1.29, 1.82) is 0 Å². The Labute approximate surface area is 83.8 Å². The average Bonchev–Trinajstić information content (AvgIpc) is 2.09. The highest BCUT2D eigenvalue weighted by atomic mass is 16.4. The van der Waals surface area contributed by atoms with Crippen LogP contribution in [0.5, 0.6) is 0 Å². The van der Waals surface area contributed by atoms with E-state index in [0.29, 0.717) is 6.42 Å². The van der Waals surface area contributed by atoms with Gasteiger partial charge in [-0.25, -0.2) is 4.79 Å². The lowest BCUT2D eigenvalue weighted by atomic mass is 10.1. The highest BCUT2D eigenvalue weighted by Crippen LogP contribution is 2.09. The first-order chi connectivity index (χ1) is 6.57. The molecule has 0 unspecified atom stereocenters. The maximum absolute atomic E-state index is 10.8. The van der Waals surface area contributed by atoms with Crippen LogP contribution in [0.4, 0.5) is 0 Å². The molecule has 0 bridgehead atoms. The normalized spacial score (nSPS) is 11.4. The van der Waals surface area contributed by atoms with Crippen molar-refractivity contribution in [2.75, 3.05) is 0 Å². The summed E-state index contributed by atoms with van der Waals surface area (Å²) in [6.45, 7) is 2.09. The summed E-state index contributed by atoms with van der Waals surface area (Å²) >= 11 is 0. The molecule has 4 heteroatoms. The Morgan fingerprint density at radius 2 is 1.93 bits per heavy atom. The Morgan fingerprint density at radius 3 is 2.36 bits per heavy atom. The Hall–Kier alpha value is -1.32. The Kier molecular flexibility index (Phi) is 6.45. The Bertz CT molecular complexity index is 234. The molecule has 0 aromatic carbocycles. The summed E-state index contributed by atoms with van der Waals surface area (Å²) in [5.74, 6) is -1.75. The molecule has 0 radical (unpaired) electrons. The first-order valence-corrected chi connectivity index (χ1v) is 4.81. The lowest BCUT2D eigenvalue weighted by molar-refractivity contribution is -0.131. The first kappa shape index (κ1) is 12.7. The summed E-state index contributed by atoms with van der Waals surface area (Å²) in [7, 11) is 0. The summed E-state index contributed by atoms with van der Waals surface area (Å²) < 4.78 is 0. The molecule has 0 atom stereocenters. The number of amides is 1. The molecular weight excluding hydrogens is 182 g/mol. The van der Waals surface area contributed by atoms with E-state index < -0.39 is 11.9 Å². The molecule has 0 aromatic rings. The fourth-order valence-corrected chi connectivity index (χ4v) is 1.16. The van der Waals surface area contributed by atoms with Crippen molar-refractivity contribution in [3.8, 4) is 0 Å². The van der Waals surface area contributed by atoms with Crippen molar-refractivity contribution in [2.45, 2.75) is 39.0 Å². The molecule has 1 amide bonds. The summed E-state index contributed by atoms with van der Waals surface area (Å²) in [5.41, 5.74) is 5.23. The SMILES string of the molecule is CCCCCC/C(=C/C(=O)O)C(N)=O. The number of carboxylic acids is 1. The molecule has 4 nitrogen and oxygen atoms in total. The van der Waals surface area contributed by atoms with Crippen molar-refractivity contribution in [2.24, 2.45) is 5.73 Å². The second-order valence-corrected chi connectivity index (χ2v) is 3.18. The van der Waals surface area contributed by atoms with Crippen molar-refractivity contribution in [3.05, 3.63) is 11.6 Å². The van der Waals surface area contributed by atoms with Crippen molar-refractivity contribution >= 4 is 11.9 Å². The fraction of sp³-hybridized carbons (Fsp3) is 0.600. The Balaban J connectivity index is 3.99. The summed E-state index contributed by atoms with van der Waals surface area (Å²) in [6, 6.07) is 0. The number of nitrogens with two attached hydrogens (primary N) is 1. The molecule has 80 valence electrons. The van der Waals surface area contributed by atoms with Crippen molar-refractivity contribution < 1.29 is 14.7 Å². The van der Waals surface area contributed by atoms with Crippen LogP contribution in [0.3, 0.4) is 0 Å². The number of rotatable bonds is 7. The molecule has 0 saturated carbocycles. The van der Waals surface area contributed by atoms with E-state index in [2.05, 4.69) is 6.92 Å². The minimum absolute atomic E-state index is 0.202. The van der Waals surface area contributed by atoms with Crippen LogP contribution in [0.25, 0.3) is 0 Å². The van der Waals surface area contributed by atoms with Crippen LogP contribution in [-0.2, 0) is 9.59 Å². The van der Waals surface area contributed by atoms with Gasteiger partial charge in [-0.05, 0) is 12.8 Å². The van der Waals surface area contributed by atoms with Gasteiger partial charge in [0.15, 0.2) is 0 Å². The molecule has 0 aliphatic heterocycles. The molecule has 0 rings (SSSR count). The molecule has 0 spiro atoms. The fourth-order valence-electron chi connectivity index (χ4n) is 1.16. The van der Waals surface area contributed by atoms with E-state index in [9.17, 15) is 9.59 Å². The molecule has 3 N–H and O–H groups in total. The predicted octanol–water partition coefficient (Wildman–Crippen LogP) is 1.45. The third kappa shape index (κ3) is 6.22. The summed E-state index contributed by atoms with van der Waals surface area (Å²) in [5, 5.41) is 8.45. The van der Waals surface area contributed by atoms with Gasteiger partial charge >= 0.3 is 5.97 Å². The molecular formula is C10H17NO3. The number of aliphatic carboxylic acids is 1. The number of unbranched alkanes of at least 4 members (excludes halogenated alkanes) is 3. The zero-order valence-electron chi connectivity index (χ0n) is 8.45. The molecule has 0 heterocycles. The van der Waals surface area contributed by atoms with Gasteiger partial charge in [0, 0.05) is 11.6 Å². The minimum Gasteiger partial charge on any atom is -0.478 e. The second-order valence-electron chi connectivity index (χ2n) is 3.18. The number of carbonyl (C=O) groups excluding carboxylic acids is 1. The van der Waals surface area contributed by atoms with Gasteiger partial charge in [0.05, 0.1) is 0 Å². The second kappa shape index (κ2) is 7.12. The van der Waals surface area contributed by atoms with Crippen molar-refractivity contribution in [1.82, 2.24) is 0 Å². The maximum Gasteiger partial charge on any atom is 0.328 e. The van der Waals surface area contributed by atoms with Crippen LogP contribution < -0.4 is 5.73 Å². The number of carboxylic acid groups (broad SMARTS) is 1. The van der Waals surface area contributed by atoms with Gasteiger partial charge in [-0.2, -0.15) is 0 Å².